The predicted octanol–water partition coefficient (Wildman–Crippen LogP) is 0.355. The van der Waals surface area contributed by atoms with Gasteiger partial charge in [-0.15, -0.1) is 0 Å². The second-order valence-corrected chi connectivity index (χ2v) is 5.93. The molecule has 3 aromatic rings. The molecule has 108 valence electrons. The van der Waals surface area contributed by atoms with Crippen molar-refractivity contribution in [1.29, 1.82) is 0 Å². The summed E-state index contributed by atoms with van der Waals surface area (Å²) in [6, 6.07) is 6.49. The first-order chi connectivity index (χ1) is 9.80. The summed E-state index contributed by atoms with van der Waals surface area (Å²) in [5, 5.41) is 14.1. The van der Waals surface area contributed by atoms with Gasteiger partial charge in [0.05, 0.1) is 0 Å². The van der Waals surface area contributed by atoms with Crippen molar-refractivity contribution in [3.63, 3.8) is 0 Å². The number of rotatable bonds is 2. The lowest BCUT2D eigenvalue weighted by Crippen LogP contribution is -2.16. The van der Waals surface area contributed by atoms with E-state index in [-0.39, 0.29) is 10.9 Å². The van der Waals surface area contributed by atoms with Crippen LogP contribution in [0.1, 0.15) is 10.4 Å². The highest BCUT2D eigenvalue weighted by Crippen LogP contribution is 2.29. The van der Waals surface area contributed by atoms with E-state index in [4.69, 9.17) is 5.14 Å². The fourth-order valence-corrected chi connectivity index (χ4v) is 3.05. The number of aromatic nitrogens is 2. The van der Waals surface area contributed by atoms with Crippen LogP contribution in [0.2, 0.25) is 0 Å². The molecule has 0 radical (unpaired) electrons. The van der Waals surface area contributed by atoms with Crippen LogP contribution in [0.5, 0.6) is 0 Å². The Morgan fingerprint density at radius 3 is 2.48 bits per heavy atom. The van der Waals surface area contributed by atoms with Gasteiger partial charge in [0.25, 0.3) is 15.6 Å². The number of carboxylic acids is 1. The Bertz CT molecular complexity index is 1060. The molecule has 0 atom stereocenters. The van der Waals surface area contributed by atoms with E-state index in [1.807, 2.05) is 0 Å². The van der Waals surface area contributed by atoms with Gasteiger partial charge in [-0.25, -0.2) is 18.4 Å². The van der Waals surface area contributed by atoms with Gasteiger partial charge in [0.2, 0.25) is 0 Å². The molecule has 5 N–H and O–H groups in total. The van der Waals surface area contributed by atoms with Crippen LogP contribution in [0, 0.1) is 0 Å². The Labute approximate surface area is 117 Å². The van der Waals surface area contributed by atoms with E-state index in [1.165, 1.54) is 0 Å². The van der Waals surface area contributed by atoms with Gasteiger partial charge in [0, 0.05) is 16.3 Å². The van der Waals surface area contributed by atoms with Gasteiger partial charge < -0.3 is 15.1 Å². The third kappa shape index (κ3) is 1.90. The number of para-hydroxylation sites is 1. The van der Waals surface area contributed by atoms with Crippen molar-refractivity contribution in [1.82, 2.24) is 9.97 Å². The maximum atomic E-state index is 12.0. The zero-order chi connectivity index (χ0) is 15.4. The van der Waals surface area contributed by atoms with Crippen molar-refractivity contribution in [3.05, 3.63) is 40.2 Å². The summed E-state index contributed by atoms with van der Waals surface area (Å²) in [5.74, 6) is -1.49. The zero-order valence-electron chi connectivity index (χ0n) is 10.4. The smallest absolute Gasteiger partial charge is 0.339 e. The number of primary sulfonamides is 1. The van der Waals surface area contributed by atoms with Crippen LogP contribution >= 0.6 is 0 Å². The molecule has 0 aliphatic rings. The van der Waals surface area contributed by atoms with Gasteiger partial charge in [-0.05, 0) is 6.07 Å². The molecule has 0 bridgehead atoms. The van der Waals surface area contributed by atoms with Gasteiger partial charge in [-0.2, -0.15) is 0 Å². The molecule has 0 aliphatic heterocycles. The van der Waals surface area contributed by atoms with E-state index in [0.29, 0.717) is 10.9 Å². The highest BCUT2D eigenvalue weighted by atomic mass is 32.2. The van der Waals surface area contributed by atoms with E-state index in [2.05, 4.69) is 9.97 Å². The van der Waals surface area contributed by atoms with E-state index >= 15 is 0 Å². The number of benzene rings is 1. The summed E-state index contributed by atoms with van der Waals surface area (Å²) in [6.45, 7) is 0. The van der Waals surface area contributed by atoms with E-state index < -0.39 is 32.1 Å². The Morgan fingerprint density at radius 2 is 1.86 bits per heavy atom. The molecule has 0 unspecified atom stereocenters. The Hall–Kier alpha value is -2.65. The zero-order valence-corrected chi connectivity index (χ0v) is 11.2. The molecule has 0 fully saturated rings. The second kappa shape index (κ2) is 4.17. The summed E-state index contributed by atoms with van der Waals surface area (Å²) in [6.07, 6.45) is 0. The number of aromatic amines is 2. The van der Waals surface area contributed by atoms with E-state index in [1.54, 1.807) is 24.3 Å². The lowest BCUT2D eigenvalue weighted by molar-refractivity contribution is 0.0695. The maximum absolute atomic E-state index is 12.0. The first-order valence-corrected chi connectivity index (χ1v) is 7.28. The first-order valence-electron chi connectivity index (χ1n) is 5.73. The minimum atomic E-state index is -4.31. The van der Waals surface area contributed by atoms with Crippen molar-refractivity contribution in [2.45, 2.75) is 5.03 Å². The fourth-order valence-electron chi connectivity index (χ4n) is 2.33. The molecule has 1 aromatic carbocycles. The number of carbonyl (C=O) groups is 1. The summed E-state index contributed by atoms with van der Waals surface area (Å²) in [7, 11) is -4.31. The van der Waals surface area contributed by atoms with Gasteiger partial charge in [0.1, 0.15) is 11.1 Å². The second-order valence-electron chi connectivity index (χ2n) is 4.43. The molecule has 0 saturated carbocycles. The summed E-state index contributed by atoms with van der Waals surface area (Å²) < 4.78 is 23.1. The quantitative estimate of drug-likeness (QED) is 0.539. The van der Waals surface area contributed by atoms with Crippen molar-refractivity contribution >= 4 is 37.8 Å². The Morgan fingerprint density at radius 1 is 1.19 bits per heavy atom. The molecule has 21 heavy (non-hydrogen) atoms. The summed E-state index contributed by atoms with van der Waals surface area (Å²) in [5.41, 5.74) is -0.900. The number of pyridine rings is 1. The number of nitrogens with one attached hydrogen (secondary N) is 2. The van der Waals surface area contributed by atoms with E-state index in [0.717, 1.165) is 0 Å². The number of nitrogens with two attached hydrogens (primary N) is 1. The molecule has 9 heteroatoms. The predicted molar refractivity (Wildman–Crippen MR) is 74.8 cm³/mol. The molecular formula is C12H9N3O5S. The molecule has 8 nitrogen and oxygen atoms in total. The Balaban J connectivity index is 2.70. The summed E-state index contributed by atoms with van der Waals surface area (Å²) >= 11 is 0. The largest absolute Gasteiger partial charge is 0.478 e. The maximum Gasteiger partial charge on any atom is 0.339 e. The number of hydrogen-bond acceptors (Lipinski definition) is 4. The van der Waals surface area contributed by atoms with Crippen LogP contribution < -0.4 is 10.7 Å². The average Bonchev–Trinajstić information content (AvgIpc) is 2.80. The van der Waals surface area contributed by atoms with Crippen LogP contribution in [-0.2, 0) is 10.0 Å². The third-order valence-electron chi connectivity index (χ3n) is 3.14. The lowest BCUT2D eigenvalue weighted by atomic mass is 10.1. The first kappa shape index (κ1) is 13.3. The highest BCUT2D eigenvalue weighted by Gasteiger charge is 2.27. The van der Waals surface area contributed by atoms with Gasteiger partial charge in [-0.1, -0.05) is 18.2 Å². The molecule has 0 aliphatic carbocycles. The number of aromatic carboxylic acids is 1. The van der Waals surface area contributed by atoms with Crippen LogP contribution in [0.4, 0.5) is 0 Å². The van der Waals surface area contributed by atoms with Crippen LogP contribution in [0.25, 0.3) is 21.8 Å². The number of hydrogen-bond donors (Lipinski definition) is 4. The molecule has 2 aromatic heterocycles. The number of fused-ring (bicyclic) bond motifs is 3. The summed E-state index contributed by atoms with van der Waals surface area (Å²) in [4.78, 5) is 28.3. The Kier molecular flexibility index (Phi) is 2.65. The highest BCUT2D eigenvalue weighted by molar-refractivity contribution is 7.89. The minimum absolute atomic E-state index is 0.0193. The average molecular weight is 307 g/mol. The minimum Gasteiger partial charge on any atom is -0.478 e. The monoisotopic (exact) mass is 307 g/mol. The molecule has 0 spiro atoms. The third-order valence-corrected chi connectivity index (χ3v) is 4.01. The molecular weight excluding hydrogens is 298 g/mol. The lowest BCUT2D eigenvalue weighted by Gasteiger charge is -2.01. The molecule has 0 saturated heterocycles. The van der Waals surface area contributed by atoms with Crippen LogP contribution in [0.3, 0.4) is 0 Å². The topological polar surface area (TPSA) is 146 Å². The molecule has 2 heterocycles. The van der Waals surface area contributed by atoms with Gasteiger partial charge >= 0.3 is 5.97 Å². The number of carboxylic acid groups (broad SMARTS) is 1. The van der Waals surface area contributed by atoms with E-state index in [9.17, 15) is 23.1 Å². The number of H-pyrrole nitrogens is 2. The standard InChI is InChI=1S/C12H9N3O5S/c13-21(19,20)11-8(12(17)18)7-5-3-1-2-4-6(5)14-10(16)9(7)15-11/h1-4,15H,(H,14,16)(H,17,18)(H2,13,19,20). The SMILES string of the molecule is NS(=O)(=O)c1[nH]c2c(=O)[nH]c3ccccc3c2c1C(=O)O. The fraction of sp³-hybridized carbons (Fsp3) is 0. The van der Waals surface area contributed by atoms with Crippen molar-refractivity contribution in [3.8, 4) is 0 Å². The molecule has 0 amide bonds. The van der Waals surface area contributed by atoms with Crippen molar-refractivity contribution in [2.75, 3.05) is 0 Å². The van der Waals surface area contributed by atoms with Crippen LogP contribution in [0.15, 0.2) is 34.1 Å². The van der Waals surface area contributed by atoms with Gasteiger partial charge in [0.15, 0.2) is 5.03 Å². The van der Waals surface area contributed by atoms with Crippen molar-refractivity contribution < 1.29 is 18.3 Å². The van der Waals surface area contributed by atoms with Gasteiger partial charge in [-0.3, -0.25) is 4.79 Å². The van der Waals surface area contributed by atoms with Crippen LogP contribution in [-0.4, -0.2) is 29.5 Å². The molecule has 3 rings (SSSR count). The van der Waals surface area contributed by atoms with Crippen molar-refractivity contribution in [2.24, 2.45) is 5.14 Å². The number of sulfonamides is 1. The normalized spacial score (nSPS) is 12.0.